The first-order chi connectivity index (χ1) is 8.36. The summed E-state index contributed by atoms with van der Waals surface area (Å²) in [4.78, 5) is 13.8. The van der Waals surface area contributed by atoms with Gasteiger partial charge in [0.05, 0.1) is 6.10 Å². The van der Waals surface area contributed by atoms with Gasteiger partial charge in [-0.25, -0.2) is 0 Å². The van der Waals surface area contributed by atoms with Crippen LogP contribution in [0.5, 0.6) is 0 Å². The molecule has 0 aromatic carbocycles. The summed E-state index contributed by atoms with van der Waals surface area (Å²) in [5.74, 6) is 0.125. The van der Waals surface area contributed by atoms with Gasteiger partial charge in [0.2, 0.25) is 5.91 Å². The van der Waals surface area contributed by atoms with Gasteiger partial charge in [0.1, 0.15) is 6.61 Å². The van der Waals surface area contributed by atoms with Crippen LogP contribution in [0.1, 0.15) is 19.3 Å². The van der Waals surface area contributed by atoms with E-state index in [1.54, 1.807) is 0 Å². The molecule has 1 amide bonds. The SMILES string of the molecule is O=C(COC1CCOCC1)N1CCCNCC1. The predicted molar refractivity (Wildman–Crippen MR) is 63.9 cm³/mol. The quantitative estimate of drug-likeness (QED) is 0.757. The molecule has 2 aliphatic rings. The molecule has 17 heavy (non-hydrogen) atoms. The van der Waals surface area contributed by atoms with Gasteiger partial charge < -0.3 is 19.7 Å². The van der Waals surface area contributed by atoms with Crippen molar-refractivity contribution in [1.82, 2.24) is 10.2 Å². The third-order valence-corrected chi connectivity index (χ3v) is 3.30. The van der Waals surface area contributed by atoms with Gasteiger partial charge in [0.25, 0.3) is 0 Å². The number of hydrogen-bond acceptors (Lipinski definition) is 4. The van der Waals surface area contributed by atoms with Crippen molar-refractivity contribution in [3.8, 4) is 0 Å². The molecule has 0 bridgehead atoms. The molecule has 5 nitrogen and oxygen atoms in total. The molecule has 5 heteroatoms. The highest BCUT2D eigenvalue weighted by molar-refractivity contribution is 5.77. The van der Waals surface area contributed by atoms with Crippen molar-refractivity contribution < 1.29 is 14.3 Å². The molecule has 0 radical (unpaired) electrons. The fourth-order valence-electron chi connectivity index (χ4n) is 2.22. The largest absolute Gasteiger partial charge is 0.381 e. The Morgan fingerprint density at radius 2 is 2.12 bits per heavy atom. The lowest BCUT2D eigenvalue weighted by Crippen LogP contribution is -2.38. The molecule has 0 aromatic heterocycles. The van der Waals surface area contributed by atoms with E-state index in [2.05, 4.69) is 5.32 Å². The highest BCUT2D eigenvalue weighted by atomic mass is 16.5. The molecule has 0 aromatic rings. The molecular formula is C12H22N2O3. The molecule has 0 saturated carbocycles. The Morgan fingerprint density at radius 3 is 2.94 bits per heavy atom. The second-order valence-corrected chi connectivity index (χ2v) is 4.61. The van der Waals surface area contributed by atoms with Crippen LogP contribution in [0.2, 0.25) is 0 Å². The summed E-state index contributed by atoms with van der Waals surface area (Å²) in [6.07, 6.45) is 3.06. The number of amides is 1. The highest BCUT2D eigenvalue weighted by Gasteiger charge is 2.19. The van der Waals surface area contributed by atoms with Crippen LogP contribution in [0.25, 0.3) is 0 Å². The standard InChI is InChI=1S/C12H22N2O3/c15-12(14-6-1-4-13-5-7-14)10-17-11-2-8-16-9-3-11/h11,13H,1-10H2. The Kier molecular flexibility index (Phi) is 5.22. The zero-order valence-corrected chi connectivity index (χ0v) is 10.3. The molecule has 0 spiro atoms. The summed E-state index contributed by atoms with van der Waals surface area (Å²) in [5.41, 5.74) is 0. The van der Waals surface area contributed by atoms with Crippen molar-refractivity contribution in [2.45, 2.75) is 25.4 Å². The third kappa shape index (κ3) is 4.26. The fraction of sp³-hybridized carbons (Fsp3) is 0.917. The maximum Gasteiger partial charge on any atom is 0.248 e. The minimum atomic E-state index is 0.125. The van der Waals surface area contributed by atoms with Crippen molar-refractivity contribution in [1.29, 1.82) is 0 Å². The van der Waals surface area contributed by atoms with E-state index < -0.39 is 0 Å². The van der Waals surface area contributed by atoms with Gasteiger partial charge in [-0.1, -0.05) is 0 Å². The Morgan fingerprint density at radius 1 is 1.29 bits per heavy atom. The van der Waals surface area contributed by atoms with Crippen LogP contribution in [0.15, 0.2) is 0 Å². The first-order valence-electron chi connectivity index (χ1n) is 6.54. The molecular weight excluding hydrogens is 220 g/mol. The lowest BCUT2D eigenvalue weighted by Gasteiger charge is -2.24. The van der Waals surface area contributed by atoms with Crippen LogP contribution in [0, 0.1) is 0 Å². The average molecular weight is 242 g/mol. The summed E-state index contributed by atoms with van der Waals surface area (Å²) < 4.78 is 10.9. The number of rotatable bonds is 3. The van der Waals surface area contributed by atoms with Gasteiger partial charge >= 0.3 is 0 Å². The Bertz CT molecular complexity index is 234. The van der Waals surface area contributed by atoms with Gasteiger partial charge in [-0.3, -0.25) is 4.79 Å². The van der Waals surface area contributed by atoms with Gasteiger partial charge in [-0.05, 0) is 25.8 Å². The Hall–Kier alpha value is -0.650. The number of carbonyl (C=O) groups excluding carboxylic acids is 1. The molecule has 0 atom stereocenters. The second-order valence-electron chi connectivity index (χ2n) is 4.61. The average Bonchev–Trinajstić information content (AvgIpc) is 2.66. The third-order valence-electron chi connectivity index (χ3n) is 3.30. The van der Waals surface area contributed by atoms with Crippen LogP contribution in [-0.2, 0) is 14.3 Å². The molecule has 98 valence electrons. The molecule has 2 fully saturated rings. The topological polar surface area (TPSA) is 50.8 Å². The summed E-state index contributed by atoms with van der Waals surface area (Å²) in [6, 6.07) is 0. The van der Waals surface area contributed by atoms with E-state index >= 15 is 0 Å². The maximum atomic E-state index is 11.9. The van der Waals surface area contributed by atoms with Crippen LogP contribution in [0.4, 0.5) is 0 Å². The second kappa shape index (κ2) is 6.93. The maximum absolute atomic E-state index is 11.9. The van der Waals surface area contributed by atoms with Crippen LogP contribution in [0.3, 0.4) is 0 Å². The lowest BCUT2D eigenvalue weighted by atomic mass is 10.1. The molecule has 2 rings (SSSR count). The van der Waals surface area contributed by atoms with Gasteiger partial charge in [0, 0.05) is 32.8 Å². The van der Waals surface area contributed by atoms with Crippen molar-refractivity contribution in [2.75, 3.05) is 46.0 Å². The van der Waals surface area contributed by atoms with E-state index in [1.165, 1.54) is 0 Å². The van der Waals surface area contributed by atoms with Crippen molar-refractivity contribution in [3.63, 3.8) is 0 Å². The Labute approximate surface area is 102 Å². The molecule has 2 heterocycles. The first-order valence-corrected chi connectivity index (χ1v) is 6.54. The smallest absolute Gasteiger partial charge is 0.248 e. The molecule has 0 aliphatic carbocycles. The van der Waals surface area contributed by atoms with E-state index in [0.29, 0.717) is 0 Å². The lowest BCUT2D eigenvalue weighted by molar-refractivity contribution is -0.140. The Balaban J connectivity index is 1.68. The van der Waals surface area contributed by atoms with Crippen molar-refractivity contribution >= 4 is 5.91 Å². The number of nitrogens with one attached hydrogen (secondary N) is 1. The minimum absolute atomic E-state index is 0.125. The van der Waals surface area contributed by atoms with E-state index in [-0.39, 0.29) is 18.6 Å². The number of carbonyl (C=O) groups is 1. The van der Waals surface area contributed by atoms with E-state index in [0.717, 1.165) is 58.7 Å². The predicted octanol–water partition coefficient (Wildman–Crippen LogP) is 0.00390. The summed E-state index contributed by atoms with van der Waals surface area (Å²) in [6.45, 7) is 5.29. The van der Waals surface area contributed by atoms with Crippen LogP contribution in [-0.4, -0.2) is 62.9 Å². The fourth-order valence-corrected chi connectivity index (χ4v) is 2.22. The molecule has 0 unspecified atom stereocenters. The molecule has 2 saturated heterocycles. The van der Waals surface area contributed by atoms with E-state index in [4.69, 9.17) is 9.47 Å². The normalized spacial score (nSPS) is 23.4. The molecule has 1 N–H and O–H groups in total. The zero-order valence-electron chi connectivity index (χ0n) is 10.3. The number of nitrogens with zero attached hydrogens (tertiary/aromatic N) is 1. The van der Waals surface area contributed by atoms with E-state index in [1.807, 2.05) is 4.90 Å². The number of hydrogen-bond donors (Lipinski definition) is 1. The summed E-state index contributed by atoms with van der Waals surface area (Å²) >= 11 is 0. The zero-order chi connectivity index (χ0) is 11.9. The summed E-state index contributed by atoms with van der Waals surface area (Å²) in [7, 11) is 0. The molecule has 2 aliphatic heterocycles. The summed E-state index contributed by atoms with van der Waals surface area (Å²) in [5, 5.41) is 3.29. The number of ether oxygens (including phenoxy) is 2. The van der Waals surface area contributed by atoms with Gasteiger partial charge in [0.15, 0.2) is 0 Å². The van der Waals surface area contributed by atoms with Gasteiger partial charge in [-0.15, -0.1) is 0 Å². The highest BCUT2D eigenvalue weighted by Crippen LogP contribution is 2.10. The minimum Gasteiger partial charge on any atom is -0.381 e. The van der Waals surface area contributed by atoms with E-state index in [9.17, 15) is 4.79 Å². The van der Waals surface area contributed by atoms with Crippen molar-refractivity contribution in [2.24, 2.45) is 0 Å². The van der Waals surface area contributed by atoms with Crippen LogP contribution < -0.4 is 5.32 Å². The van der Waals surface area contributed by atoms with Crippen molar-refractivity contribution in [3.05, 3.63) is 0 Å². The van der Waals surface area contributed by atoms with Crippen LogP contribution >= 0.6 is 0 Å². The monoisotopic (exact) mass is 242 g/mol. The first kappa shape index (κ1) is 12.8. The van der Waals surface area contributed by atoms with Gasteiger partial charge in [-0.2, -0.15) is 0 Å².